The van der Waals surface area contributed by atoms with Gasteiger partial charge in [0.1, 0.15) is 6.07 Å². The Hall–Kier alpha value is -3.07. The van der Waals surface area contributed by atoms with Crippen molar-refractivity contribution in [3.8, 4) is 6.07 Å². The number of nitrogens with zero attached hydrogens (tertiary/aromatic N) is 3. The minimum atomic E-state index is -0.254. The Morgan fingerprint density at radius 2 is 2.27 bits per heavy atom. The summed E-state index contributed by atoms with van der Waals surface area (Å²) in [4.78, 5) is 11.8. The van der Waals surface area contributed by atoms with Crippen LogP contribution in [0.25, 0.3) is 0 Å². The van der Waals surface area contributed by atoms with Crippen LogP contribution >= 0.6 is 0 Å². The lowest BCUT2D eigenvalue weighted by Gasteiger charge is -2.11. The summed E-state index contributed by atoms with van der Waals surface area (Å²) < 4.78 is 6.50. The zero-order valence-corrected chi connectivity index (χ0v) is 12.2. The summed E-state index contributed by atoms with van der Waals surface area (Å²) in [5, 5.41) is 15.9. The van der Waals surface area contributed by atoms with Gasteiger partial charge in [0, 0.05) is 11.8 Å². The fourth-order valence-electron chi connectivity index (χ4n) is 1.91. The van der Waals surface area contributed by atoms with Crippen molar-refractivity contribution in [3.63, 3.8) is 0 Å². The van der Waals surface area contributed by atoms with E-state index in [2.05, 4.69) is 17.0 Å². The van der Waals surface area contributed by atoms with Crippen LogP contribution in [0.15, 0.2) is 53.7 Å². The molecule has 0 bridgehead atoms. The molecule has 0 aliphatic rings. The highest BCUT2D eigenvalue weighted by Crippen LogP contribution is 2.13. The minimum Gasteiger partial charge on any atom is -0.480 e. The van der Waals surface area contributed by atoms with Crippen LogP contribution < -0.4 is 10.9 Å². The van der Waals surface area contributed by atoms with E-state index in [9.17, 15) is 4.79 Å². The van der Waals surface area contributed by atoms with Crippen LogP contribution in [0.2, 0.25) is 0 Å². The maximum Gasteiger partial charge on any atom is 0.267 e. The summed E-state index contributed by atoms with van der Waals surface area (Å²) in [7, 11) is 0. The summed E-state index contributed by atoms with van der Waals surface area (Å²) in [6, 6.07) is 12.1. The van der Waals surface area contributed by atoms with Crippen LogP contribution in [-0.2, 0) is 11.3 Å². The predicted molar refractivity (Wildman–Crippen MR) is 83.1 cm³/mol. The number of ether oxygens (including phenoxy) is 1. The van der Waals surface area contributed by atoms with Crippen LogP contribution in [0.4, 0.5) is 5.69 Å². The Morgan fingerprint density at radius 1 is 1.45 bits per heavy atom. The van der Waals surface area contributed by atoms with Crippen molar-refractivity contribution in [2.45, 2.75) is 13.5 Å². The number of nitriles is 1. The van der Waals surface area contributed by atoms with Gasteiger partial charge in [-0.25, -0.2) is 4.68 Å². The van der Waals surface area contributed by atoms with E-state index in [-0.39, 0.29) is 17.8 Å². The van der Waals surface area contributed by atoms with Gasteiger partial charge in [0.2, 0.25) is 0 Å². The standard InChI is InChI=1S/C16H16N4O2/c1-3-22-12(2)18-14-6-4-5-13(9-14)11-20-16(21)8-7-15(10-17)19-20/h4-9,18H,2-3,11H2,1H3. The van der Waals surface area contributed by atoms with Gasteiger partial charge in [-0.1, -0.05) is 12.1 Å². The molecule has 2 aromatic rings. The third kappa shape index (κ3) is 3.96. The van der Waals surface area contributed by atoms with Gasteiger partial charge in [-0.3, -0.25) is 4.79 Å². The van der Waals surface area contributed by atoms with E-state index in [1.165, 1.54) is 16.8 Å². The van der Waals surface area contributed by atoms with Crippen molar-refractivity contribution in [2.75, 3.05) is 11.9 Å². The van der Waals surface area contributed by atoms with Crippen LogP contribution in [0, 0.1) is 11.3 Å². The number of hydrogen-bond acceptors (Lipinski definition) is 5. The number of benzene rings is 1. The van der Waals surface area contributed by atoms with Crippen LogP contribution in [0.1, 0.15) is 18.2 Å². The minimum absolute atomic E-state index is 0.207. The second-order valence-electron chi connectivity index (χ2n) is 4.51. The topological polar surface area (TPSA) is 79.9 Å². The molecular weight excluding hydrogens is 280 g/mol. The van der Waals surface area contributed by atoms with Crippen LogP contribution in [0.3, 0.4) is 0 Å². The lowest BCUT2D eigenvalue weighted by Crippen LogP contribution is -2.23. The van der Waals surface area contributed by atoms with E-state index < -0.39 is 0 Å². The normalized spacial score (nSPS) is 9.82. The van der Waals surface area contributed by atoms with E-state index in [4.69, 9.17) is 10.00 Å². The van der Waals surface area contributed by atoms with Crippen molar-refractivity contribution in [1.82, 2.24) is 9.78 Å². The summed E-state index contributed by atoms with van der Waals surface area (Å²) in [6.07, 6.45) is 0. The van der Waals surface area contributed by atoms with Crippen LogP contribution in [-0.4, -0.2) is 16.4 Å². The Bertz CT molecular complexity index is 774. The lowest BCUT2D eigenvalue weighted by atomic mass is 10.2. The third-order valence-electron chi connectivity index (χ3n) is 2.84. The summed E-state index contributed by atoms with van der Waals surface area (Å²) in [6.45, 7) is 6.45. The number of anilines is 1. The smallest absolute Gasteiger partial charge is 0.267 e. The van der Waals surface area contributed by atoms with Crippen molar-refractivity contribution in [2.24, 2.45) is 0 Å². The van der Waals surface area contributed by atoms with Crippen molar-refractivity contribution < 1.29 is 4.74 Å². The molecule has 0 amide bonds. The largest absolute Gasteiger partial charge is 0.480 e. The fraction of sp³-hybridized carbons (Fsp3) is 0.188. The Kier molecular flexibility index (Phi) is 4.94. The van der Waals surface area contributed by atoms with E-state index in [1.807, 2.05) is 37.3 Å². The van der Waals surface area contributed by atoms with Gasteiger partial charge in [-0.2, -0.15) is 10.4 Å². The molecule has 2 rings (SSSR count). The maximum atomic E-state index is 11.8. The summed E-state index contributed by atoms with van der Waals surface area (Å²) in [5.74, 6) is 0.460. The molecule has 0 saturated carbocycles. The van der Waals surface area contributed by atoms with Crippen molar-refractivity contribution in [3.05, 3.63) is 70.5 Å². The molecule has 1 heterocycles. The van der Waals surface area contributed by atoms with Gasteiger partial charge < -0.3 is 10.1 Å². The first kappa shape index (κ1) is 15.3. The van der Waals surface area contributed by atoms with Gasteiger partial charge in [0.25, 0.3) is 5.56 Å². The second kappa shape index (κ2) is 7.09. The number of nitrogens with one attached hydrogen (secondary N) is 1. The SMILES string of the molecule is C=C(Nc1cccc(Cn2nc(C#N)ccc2=O)c1)OCC. The third-order valence-corrected chi connectivity index (χ3v) is 2.84. The second-order valence-corrected chi connectivity index (χ2v) is 4.51. The van der Waals surface area contributed by atoms with Gasteiger partial charge in [0.15, 0.2) is 11.6 Å². The van der Waals surface area contributed by atoms with Crippen molar-refractivity contribution >= 4 is 5.69 Å². The van der Waals surface area contributed by atoms with E-state index in [0.717, 1.165) is 11.3 Å². The van der Waals surface area contributed by atoms with Gasteiger partial charge >= 0.3 is 0 Å². The summed E-state index contributed by atoms with van der Waals surface area (Å²) in [5.41, 5.74) is 1.63. The monoisotopic (exact) mass is 296 g/mol. The molecule has 0 spiro atoms. The first-order valence-corrected chi connectivity index (χ1v) is 6.78. The van der Waals surface area contributed by atoms with Gasteiger partial charge in [0.05, 0.1) is 13.2 Å². The maximum absolute atomic E-state index is 11.8. The van der Waals surface area contributed by atoms with Crippen LogP contribution in [0.5, 0.6) is 0 Å². The Balaban J connectivity index is 2.19. The molecule has 0 atom stereocenters. The first-order valence-electron chi connectivity index (χ1n) is 6.78. The molecular formula is C16H16N4O2. The molecule has 1 aromatic carbocycles. The molecule has 0 saturated heterocycles. The quantitative estimate of drug-likeness (QED) is 0.826. The Labute approximate surface area is 128 Å². The molecule has 1 aromatic heterocycles. The van der Waals surface area contributed by atoms with E-state index >= 15 is 0 Å². The highest BCUT2D eigenvalue weighted by Gasteiger charge is 2.03. The molecule has 0 fully saturated rings. The van der Waals surface area contributed by atoms with E-state index in [1.54, 1.807) is 0 Å². The van der Waals surface area contributed by atoms with Crippen molar-refractivity contribution in [1.29, 1.82) is 5.26 Å². The zero-order valence-electron chi connectivity index (χ0n) is 12.2. The van der Waals surface area contributed by atoms with E-state index in [0.29, 0.717) is 12.5 Å². The average Bonchev–Trinajstić information content (AvgIpc) is 2.50. The number of aromatic nitrogens is 2. The predicted octanol–water partition coefficient (Wildman–Crippen LogP) is 2.08. The van der Waals surface area contributed by atoms with Gasteiger partial charge in [-0.15, -0.1) is 0 Å². The van der Waals surface area contributed by atoms with Gasteiger partial charge in [-0.05, 0) is 37.3 Å². The molecule has 0 aliphatic heterocycles. The molecule has 0 unspecified atom stereocenters. The Morgan fingerprint density at radius 3 is 3.00 bits per heavy atom. The molecule has 1 N–H and O–H groups in total. The fourth-order valence-corrected chi connectivity index (χ4v) is 1.91. The molecule has 6 heteroatoms. The molecule has 0 radical (unpaired) electrons. The molecule has 112 valence electrons. The zero-order chi connectivity index (χ0) is 15.9. The average molecular weight is 296 g/mol. The molecule has 0 aliphatic carbocycles. The highest BCUT2D eigenvalue weighted by atomic mass is 16.5. The molecule has 6 nitrogen and oxygen atoms in total. The highest BCUT2D eigenvalue weighted by molar-refractivity contribution is 5.48. The number of hydrogen-bond donors (Lipinski definition) is 1. The number of rotatable bonds is 6. The molecule has 22 heavy (non-hydrogen) atoms. The lowest BCUT2D eigenvalue weighted by molar-refractivity contribution is 0.236. The summed E-state index contributed by atoms with van der Waals surface area (Å²) >= 11 is 0. The first-order chi connectivity index (χ1) is 10.6.